The van der Waals surface area contributed by atoms with Crippen molar-refractivity contribution in [1.82, 2.24) is 0 Å². The van der Waals surface area contributed by atoms with Gasteiger partial charge in [0.2, 0.25) is 0 Å². The van der Waals surface area contributed by atoms with Crippen LogP contribution in [0.1, 0.15) is 6.92 Å². The fraction of sp³-hybridized carbons (Fsp3) is 0.833. The third-order valence-electron chi connectivity index (χ3n) is 0.896. The van der Waals surface area contributed by atoms with Gasteiger partial charge in [0.25, 0.3) is 0 Å². The lowest BCUT2D eigenvalue weighted by atomic mass is 10.9. The van der Waals surface area contributed by atoms with Crippen molar-refractivity contribution >= 4 is 21.6 Å². The SMILES string of the molecule is CCOC(=O)P(=O)(O)O[Si](C)(C)C. The van der Waals surface area contributed by atoms with Crippen LogP contribution < -0.4 is 0 Å². The maximum atomic E-state index is 11.2. The molecule has 78 valence electrons. The molecule has 0 saturated carbocycles. The third kappa shape index (κ3) is 5.20. The van der Waals surface area contributed by atoms with Crippen LogP contribution in [-0.4, -0.2) is 25.5 Å². The average molecular weight is 226 g/mol. The molecule has 0 aromatic heterocycles. The molecule has 0 aliphatic carbocycles. The standard InChI is InChI=1S/C6H15O5PSi/c1-5-10-6(7)12(8,9)11-13(2,3)4/h5H2,1-4H3,(H,8,9). The van der Waals surface area contributed by atoms with Crippen LogP contribution in [0, 0.1) is 0 Å². The van der Waals surface area contributed by atoms with Gasteiger partial charge in [0, 0.05) is 0 Å². The van der Waals surface area contributed by atoms with Gasteiger partial charge in [0.1, 0.15) is 0 Å². The summed E-state index contributed by atoms with van der Waals surface area (Å²) in [7, 11) is -6.42. The van der Waals surface area contributed by atoms with E-state index in [1.807, 2.05) is 0 Å². The van der Waals surface area contributed by atoms with E-state index in [0.29, 0.717) is 0 Å². The summed E-state index contributed by atoms with van der Waals surface area (Å²) in [5.41, 5.74) is -1.17. The Bertz CT molecular complexity index is 234. The second-order valence-corrected chi connectivity index (χ2v) is 9.78. The van der Waals surface area contributed by atoms with Crippen molar-refractivity contribution in [3.63, 3.8) is 0 Å². The number of carbonyl (C=O) groups excluding carboxylic acids is 1. The zero-order valence-electron chi connectivity index (χ0n) is 8.23. The predicted octanol–water partition coefficient (Wildman–Crippen LogP) is 2.18. The molecule has 0 heterocycles. The molecular formula is C6H15O5PSi. The quantitative estimate of drug-likeness (QED) is 0.587. The van der Waals surface area contributed by atoms with Crippen LogP contribution in [-0.2, 0) is 13.5 Å². The minimum atomic E-state index is -4.22. The van der Waals surface area contributed by atoms with Gasteiger partial charge in [0.05, 0.1) is 6.61 Å². The molecule has 0 bridgehead atoms. The number of hydrogen-bond acceptors (Lipinski definition) is 4. The Balaban J connectivity index is 4.41. The zero-order chi connectivity index (χ0) is 10.7. The predicted molar refractivity (Wildman–Crippen MR) is 51.3 cm³/mol. The van der Waals surface area contributed by atoms with Crippen LogP contribution in [0.3, 0.4) is 0 Å². The summed E-state index contributed by atoms with van der Waals surface area (Å²) >= 11 is 0. The first-order chi connectivity index (χ1) is 5.69. The summed E-state index contributed by atoms with van der Waals surface area (Å²) in [5.74, 6) is 0. The van der Waals surface area contributed by atoms with Crippen LogP contribution in [0.4, 0.5) is 4.79 Å². The second-order valence-electron chi connectivity index (χ2n) is 3.42. The molecule has 1 N–H and O–H groups in total. The van der Waals surface area contributed by atoms with E-state index in [2.05, 4.69) is 4.74 Å². The van der Waals surface area contributed by atoms with E-state index in [1.165, 1.54) is 0 Å². The lowest BCUT2D eigenvalue weighted by Gasteiger charge is -2.19. The van der Waals surface area contributed by atoms with Crippen molar-refractivity contribution in [3.8, 4) is 0 Å². The van der Waals surface area contributed by atoms with Crippen molar-refractivity contribution < 1.29 is 23.2 Å². The van der Waals surface area contributed by atoms with Gasteiger partial charge in [-0.3, -0.25) is 0 Å². The highest BCUT2D eigenvalue weighted by atomic mass is 31.2. The second kappa shape index (κ2) is 4.37. The molecule has 0 fully saturated rings. The Morgan fingerprint density at radius 2 is 1.92 bits per heavy atom. The van der Waals surface area contributed by atoms with Crippen molar-refractivity contribution in [1.29, 1.82) is 0 Å². The number of rotatable bonds is 4. The molecule has 0 aliphatic heterocycles. The summed E-state index contributed by atoms with van der Waals surface area (Å²) in [6.07, 6.45) is 0. The Morgan fingerprint density at radius 1 is 1.46 bits per heavy atom. The normalized spacial score (nSPS) is 16.4. The van der Waals surface area contributed by atoms with Gasteiger partial charge >= 0.3 is 13.3 Å². The maximum Gasteiger partial charge on any atom is 0.426 e. The van der Waals surface area contributed by atoms with Crippen molar-refractivity contribution in [2.75, 3.05) is 6.61 Å². The van der Waals surface area contributed by atoms with Crippen LogP contribution in [0.5, 0.6) is 0 Å². The molecule has 0 rings (SSSR count). The largest absolute Gasteiger partial charge is 0.457 e. The smallest absolute Gasteiger partial charge is 0.426 e. The van der Waals surface area contributed by atoms with E-state index in [1.54, 1.807) is 26.6 Å². The molecule has 0 radical (unpaired) electrons. The van der Waals surface area contributed by atoms with Gasteiger partial charge in [-0.05, 0) is 26.6 Å². The molecule has 5 nitrogen and oxygen atoms in total. The number of hydrogen-bond donors (Lipinski definition) is 1. The fourth-order valence-corrected chi connectivity index (χ4v) is 4.17. The molecule has 13 heavy (non-hydrogen) atoms. The first kappa shape index (κ1) is 12.8. The molecule has 0 saturated heterocycles. The molecule has 7 heteroatoms. The Kier molecular flexibility index (Phi) is 4.31. The molecule has 0 aromatic carbocycles. The number of carbonyl (C=O) groups is 1. The van der Waals surface area contributed by atoms with E-state index in [-0.39, 0.29) is 6.61 Å². The fourth-order valence-electron chi connectivity index (χ4n) is 0.614. The first-order valence-electron chi connectivity index (χ1n) is 3.90. The average Bonchev–Trinajstić information content (AvgIpc) is 1.82. The van der Waals surface area contributed by atoms with Crippen LogP contribution in [0.2, 0.25) is 19.6 Å². The summed E-state index contributed by atoms with van der Waals surface area (Å²) in [6, 6.07) is 0. The van der Waals surface area contributed by atoms with Gasteiger partial charge in [-0.2, -0.15) is 0 Å². The van der Waals surface area contributed by atoms with Gasteiger partial charge < -0.3 is 13.8 Å². The highest BCUT2D eigenvalue weighted by Crippen LogP contribution is 2.46. The van der Waals surface area contributed by atoms with Gasteiger partial charge in [-0.1, -0.05) is 0 Å². The van der Waals surface area contributed by atoms with E-state index >= 15 is 0 Å². The third-order valence-corrected chi connectivity index (χ3v) is 4.67. The lowest BCUT2D eigenvalue weighted by Crippen LogP contribution is -2.25. The lowest BCUT2D eigenvalue weighted by molar-refractivity contribution is 0.169. The van der Waals surface area contributed by atoms with Gasteiger partial charge in [0.15, 0.2) is 8.32 Å². The summed E-state index contributed by atoms with van der Waals surface area (Å²) < 4.78 is 20.4. The topological polar surface area (TPSA) is 72.8 Å². The molecule has 0 spiro atoms. The summed E-state index contributed by atoms with van der Waals surface area (Å²) in [6.45, 7) is 6.78. The molecular weight excluding hydrogens is 211 g/mol. The zero-order valence-corrected chi connectivity index (χ0v) is 10.1. The van der Waals surface area contributed by atoms with Gasteiger partial charge in [-0.15, -0.1) is 0 Å². The van der Waals surface area contributed by atoms with E-state index < -0.39 is 21.6 Å². The summed E-state index contributed by atoms with van der Waals surface area (Å²) in [5, 5.41) is 0. The van der Waals surface area contributed by atoms with Crippen molar-refractivity contribution in [2.45, 2.75) is 26.6 Å². The highest BCUT2D eigenvalue weighted by molar-refractivity contribution is 7.71. The molecule has 1 atom stereocenters. The molecule has 0 aromatic rings. The maximum absolute atomic E-state index is 11.2. The van der Waals surface area contributed by atoms with Crippen LogP contribution in [0.25, 0.3) is 0 Å². The van der Waals surface area contributed by atoms with E-state index in [4.69, 9.17) is 9.11 Å². The summed E-state index contributed by atoms with van der Waals surface area (Å²) in [4.78, 5) is 20.0. The van der Waals surface area contributed by atoms with Crippen LogP contribution >= 0.6 is 7.60 Å². The monoisotopic (exact) mass is 226 g/mol. The van der Waals surface area contributed by atoms with Gasteiger partial charge in [-0.25, -0.2) is 9.36 Å². The molecule has 0 amide bonds. The van der Waals surface area contributed by atoms with E-state index in [0.717, 1.165) is 0 Å². The van der Waals surface area contributed by atoms with Crippen molar-refractivity contribution in [3.05, 3.63) is 0 Å². The Hall–Kier alpha value is -0.163. The Labute approximate surface area is 78.7 Å². The molecule has 0 aliphatic rings. The highest BCUT2D eigenvalue weighted by Gasteiger charge is 2.37. The minimum absolute atomic E-state index is 0.0679. The van der Waals surface area contributed by atoms with Crippen molar-refractivity contribution in [2.24, 2.45) is 0 Å². The van der Waals surface area contributed by atoms with E-state index in [9.17, 15) is 9.36 Å². The molecule has 1 unspecified atom stereocenters. The van der Waals surface area contributed by atoms with Crippen LogP contribution in [0.15, 0.2) is 0 Å². The first-order valence-corrected chi connectivity index (χ1v) is 8.88. The number of ether oxygens (including phenoxy) is 1. The Morgan fingerprint density at radius 3 is 2.23 bits per heavy atom. The minimum Gasteiger partial charge on any atom is -0.457 e.